The minimum atomic E-state index is -0.799. The Hall–Kier alpha value is -2.02. The van der Waals surface area contributed by atoms with Gasteiger partial charge in [0.15, 0.2) is 0 Å². The number of piperidine rings is 1. The third-order valence-electron chi connectivity index (χ3n) is 4.61. The lowest BCUT2D eigenvalue weighted by molar-refractivity contribution is -0.146. The molecule has 0 spiro atoms. The number of aliphatic carboxylic acids is 1. The lowest BCUT2D eigenvalue weighted by atomic mass is 9.96. The fourth-order valence-corrected chi connectivity index (χ4v) is 3.56. The van der Waals surface area contributed by atoms with E-state index in [-0.39, 0.29) is 24.2 Å². The lowest BCUT2D eigenvalue weighted by Crippen LogP contribution is -2.51. The minimum absolute atomic E-state index is 0.107. The number of nitrogens with zero attached hydrogens (tertiary/aromatic N) is 1. The van der Waals surface area contributed by atoms with Crippen LogP contribution in [0, 0.1) is 5.92 Å². The molecule has 1 heterocycles. The largest absolute Gasteiger partial charge is 0.481 e. The van der Waals surface area contributed by atoms with E-state index < -0.39 is 12.0 Å². The molecule has 1 aliphatic rings. The quantitative estimate of drug-likeness (QED) is 0.720. The average Bonchev–Trinajstić information content (AvgIpc) is 2.65. The van der Waals surface area contributed by atoms with Crippen LogP contribution in [-0.4, -0.2) is 58.9 Å². The lowest BCUT2D eigenvalue weighted by Gasteiger charge is -2.33. The molecule has 26 heavy (non-hydrogen) atoms. The molecule has 142 valence electrons. The van der Waals surface area contributed by atoms with Gasteiger partial charge in [-0.15, -0.1) is 0 Å². The molecule has 2 N–H and O–H groups in total. The number of carboxylic acids is 1. The Kier molecular flexibility index (Phi) is 7.97. The van der Waals surface area contributed by atoms with Crippen molar-refractivity contribution in [1.29, 1.82) is 0 Å². The first-order chi connectivity index (χ1) is 12.5. The number of carbonyl (C=O) groups excluding carboxylic acids is 2. The van der Waals surface area contributed by atoms with E-state index >= 15 is 0 Å². The smallest absolute Gasteiger partial charge is 0.306 e. The number of hydrogen-bond donors (Lipinski definition) is 2. The monoisotopic (exact) mass is 378 g/mol. The van der Waals surface area contributed by atoms with E-state index in [1.165, 1.54) is 0 Å². The molecule has 1 atom stereocenters. The van der Waals surface area contributed by atoms with Gasteiger partial charge in [0.1, 0.15) is 6.04 Å². The molecule has 0 aromatic heterocycles. The maximum absolute atomic E-state index is 12.8. The van der Waals surface area contributed by atoms with Crippen LogP contribution in [0.4, 0.5) is 0 Å². The van der Waals surface area contributed by atoms with Gasteiger partial charge in [-0.3, -0.25) is 14.4 Å². The average molecular weight is 378 g/mol. The molecular weight excluding hydrogens is 352 g/mol. The molecule has 0 saturated carbocycles. The van der Waals surface area contributed by atoms with Crippen molar-refractivity contribution in [2.75, 3.05) is 25.1 Å². The van der Waals surface area contributed by atoms with Crippen LogP contribution < -0.4 is 5.32 Å². The summed E-state index contributed by atoms with van der Waals surface area (Å²) in [4.78, 5) is 37.9. The highest BCUT2D eigenvalue weighted by Crippen LogP contribution is 2.18. The van der Waals surface area contributed by atoms with E-state index in [9.17, 15) is 14.4 Å². The summed E-state index contributed by atoms with van der Waals surface area (Å²) in [6.45, 7) is 0.861. The predicted octanol–water partition coefficient (Wildman–Crippen LogP) is 1.79. The molecule has 6 nitrogen and oxygen atoms in total. The van der Waals surface area contributed by atoms with Crippen LogP contribution in [0.25, 0.3) is 0 Å². The summed E-state index contributed by atoms with van der Waals surface area (Å²) < 4.78 is 0. The fraction of sp³-hybridized carbons (Fsp3) is 0.526. The Bertz CT molecular complexity index is 615. The number of benzene rings is 1. The highest BCUT2D eigenvalue weighted by Gasteiger charge is 2.31. The SMILES string of the molecule is CSCCC(NC(=O)Cc1ccccc1)C(=O)N1CCC(C(=O)O)CC1. The zero-order valence-electron chi connectivity index (χ0n) is 15.0. The van der Waals surface area contributed by atoms with E-state index in [4.69, 9.17) is 5.11 Å². The minimum Gasteiger partial charge on any atom is -0.481 e. The molecule has 1 saturated heterocycles. The van der Waals surface area contributed by atoms with Crippen LogP contribution in [0.5, 0.6) is 0 Å². The van der Waals surface area contributed by atoms with Crippen molar-refractivity contribution in [3.05, 3.63) is 35.9 Å². The Morgan fingerprint density at radius 1 is 1.23 bits per heavy atom. The number of carbonyl (C=O) groups is 3. The number of thioether (sulfide) groups is 1. The summed E-state index contributed by atoms with van der Waals surface area (Å²) in [6.07, 6.45) is 3.71. The number of nitrogens with one attached hydrogen (secondary N) is 1. The number of hydrogen-bond acceptors (Lipinski definition) is 4. The molecule has 0 bridgehead atoms. The van der Waals surface area contributed by atoms with Gasteiger partial charge < -0.3 is 15.3 Å². The summed E-state index contributed by atoms with van der Waals surface area (Å²) >= 11 is 1.63. The molecule has 1 unspecified atom stereocenters. The van der Waals surface area contributed by atoms with E-state index in [0.717, 1.165) is 11.3 Å². The van der Waals surface area contributed by atoms with Crippen molar-refractivity contribution in [2.45, 2.75) is 31.7 Å². The van der Waals surface area contributed by atoms with E-state index in [1.54, 1.807) is 16.7 Å². The van der Waals surface area contributed by atoms with Crippen molar-refractivity contribution >= 4 is 29.5 Å². The molecule has 2 amide bonds. The number of amides is 2. The second kappa shape index (κ2) is 10.2. The van der Waals surface area contributed by atoms with Gasteiger partial charge in [0.2, 0.25) is 11.8 Å². The third kappa shape index (κ3) is 6.05. The topological polar surface area (TPSA) is 86.7 Å². The van der Waals surface area contributed by atoms with Gasteiger partial charge in [0, 0.05) is 13.1 Å². The molecule has 1 aliphatic heterocycles. The van der Waals surface area contributed by atoms with Crippen LogP contribution in [0.3, 0.4) is 0 Å². The molecular formula is C19H26N2O4S. The first kappa shape index (κ1) is 20.3. The van der Waals surface area contributed by atoms with Gasteiger partial charge >= 0.3 is 5.97 Å². The van der Waals surface area contributed by atoms with Crippen molar-refractivity contribution in [1.82, 2.24) is 10.2 Å². The highest BCUT2D eigenvalue weighted by atomic mass is 32.2. The molecule has 1 aromatic carbocycles. The van der Waals surface area contributed by atoms with E-state index in [2.05, 4.69) is 5.32 Å². The Morgan fingerprint density at radius 2 is 1.88 bits per heavy atom. The van der Waals surface area contributed by atoms with Gasteiger partial charge in [-0.1, -0.05) is 30.3 Å². The summed E-state index contributed by atoms with van der Waals surface area (Å²) in [5.41, 5.74) is 0.906. The first-order valence-corrected chi connectivity index (χ1v) is 10.2. The molecule has 0 radical (unpaired) electrons. The second-order valence-corrected chi connectivity index (χ2v) is 7.49. The van der Waals surface area contributed by atoms with Gasteiger partial charge in [-0.05, 0) is 36.8 Å². The number of rotatable bonds is 8. The predicted molar refractivity (Wildman–Crippen MR) is 102 cm³/mol. The zero-order valence-corrected chi connectivity index (χ0v) is 15.8. The molecule has 1 aromatic rings. The summed E-state index contributed by atoms with van der Waals surface area (Å²) in [5.74, 6) is -0.683. The van der Waals surface area contributed by atoms with Gasteiger partial charge in [0.05, 0.1) is 12.3 Å². The first-order valence-electron chi connectivity index (χ1n) is 8.85. The van der Waals surface area contributed by atoms with Crippen molar-refractivity contribution < 1.29 is 19.5 Å². The zero-order chi connectivity index (χ0) is 18.9. The number of likely N-dealkylation sites (tertiary alicyclic amines) is 1. The van der Waals surface area contributed by atoms with E-state index in [1.807, 2.05) is 36.6 Å². The normalized spacial score (nSPS) is 16.1. The second-order valence-electron chi connectivity index (χ2n) is 6.50. The Labute approximate surface area is 158 Å². The van der Waals surface area contributed by atoms with Crippen molar-refractivity contribution in [3.63, 3.8) is 0 Å². The molecule has 1 fully saturated rings. The van der Waals surface area contributed by atoms with Gasteiger partial charge in [-0.25, -0.2) is 0 Å². The van der Waals surface area contributed by atoms with Crippen LogP contribution >= 0.6 is 11.8 Å². The van der Waals surface area contributed by atoms with Gasteiger partial charge in [0.25, 0.3) is 0 Å². The fourth-order valence-electron chi connectivity index (χ4n) is 3.09. The maximum atomic E-state index is 12.8. The summed E-state index contributed by atoms with van der Waals surface area (Å²) in [7, 11) is 0. The number of carboxylic acid groups (broad SMARTS) is 1. The van der Waals surface area contributed by atoms with Crippen LogP contribution in [0.15, 0.2) is 30.3 Å². The van der Waals surface area contributed by atoms with Crippen LogP contribution in [-0.2, 0) is 20.8 Å². The van der Waals surface area contributed by atoms with Crippen LogP contribution in [0.1, 0.15) is 24.8 Å². The Balaban J connectivity index is 1.94. The van der Waals surface area contributed by atoms with Gasteiger partial charge in [-0.2, -0.15) is 11.8 Å². The molecule has 2 rings (SSSR count). The third-order valence-corrected chi connectivity index (χ3v) is 5.25. The van der Waals surface area contributed by atoms with E-state index in [0.29, 0.717) is 32.4 Å². The summed E-state index contributed by atoms with van der Waals surface area (Å²) in [6, 6.07) is 8.87. The maximum Gasteiger partial charge on any atom is 0.306 e. The molecule has 0 aliphatic carbocycles. The highest BCUT2D eigenvalue weighted by molar-refractivity contribution is 7.98. The van der Waals surface area contributed by atoms with Crippen LogP contribution in [0.2, 0.25) is 0 Å². The Morgan fingerprint density at radius 3 is 2.46 bits per heavy atom. The molecule has 7 heteroatoms. The van der Waals surface area contributed by atoms with Crippen molar-refractivity contribution in [2.24, 2.45) is 5.92 Å². The summed E-state index contributed by atoms with van der Waals surface area (Å²) in [5, 5.41) is 12.0. The van der Waals surface area contributed by atoms with Crippen molar-refractivity contribution in [3.8, 4) is 0 Å². The standard InChI is InChI=1S/C19H26N2O4S/c1-26-12-9-16(20-17(22)13-14-5-3-2-4-6-14)18(23)21-10-7-15(8-11-21)19(24)25/h2-6,15-16H,7-13H2,1H3,(H,20,22)(H,24,25).